The quantitative estimate of drug-likeness (QED) is 0.472. The molecular weight excluding hydrogens is 336 g/mol. The third-order valence-corrected chi connectivity index (χ3v) is 4.27. The molecular formula is C19H13BrN2. The number of nitrogens with zero attached hydrogens (tertiary/aromatic N) is 2. The van der Waals surface area contributed by atoms with Crippen molar-refractivity contribution in [2.24, 2.45) is 0 Å². The Morgan fingerprint density at radius 3 is 2.18 bits per heavy atom. The second kappa shape index (κ2) is 5.43. The average Bonchev–Trinajstić information content (AvgIpc) is 3.00. The third-order valence-electron chi connectivity index (χ3n) is 3.74. The summed E-state index contributed by atoms with van der Waals surface area (Å²) in [5.74, 6) is 0. The summed E-state index contributed by atoms with van der Waals surface area (Å²) >= 11 is 3.49. The molecule has 4 rings (SSSR count). The molecule has 2 aromatic carbocycles. The third kappa shape index (κ3) is 2.24. The molecule has 22 heavy (non-hydrogen) atoms. The fraction of sp³-hybridized carbons (Fsp3) is 0. The van der Waals surface area contributed by atoms with Gasteiger partial charge in [0.05, 0.1) is 17.6 Å². The summed E-state index contributed by atoms with van der Waals surface area (Å²) in [4.78, 5) is 4.55. The van der Waals surface area contributed by atoms with Gasteiger partial charge in [-0.2, -0.15) is 0 Å². The highest BCUT2D eigenvalue weighted by atomic mass is 79.9. The average molecular weight is 349 g/mol. The van der Waals surface area contributed by atoms with E-state index in [0.717, 1.165) is 27.1 Å². The lowest BCUT2D eigenvalue weighted by Crippen LogP contribution is -1.94. The van der Waals surface area contributed by atoms with Crippen LogP contribution in [0.3, 0.4) is 0 Å². The summed E-state index contributed by atoms with van der Waals surface area (Å²) in [6, 6.07) is 24.9. The Morgan fingerprint density at radius 1 is 0.682 bits per heavy atom. The van der Waals surface area contributed by atoms with Gasteiger partial charge in [-0.25, -0.2) is 4.98 Å². The lowest BCUT2D eigenvalue weighted by molar-refractivity contribution is 1.19. The van der Waals surface area contributed by atoms with Crippen LogP contribution >= 0.6 is 15.9 Å². The Morgan fingerprint density at radius 2 is 1.41 bits per heavy atom. The van der Waals surface area contributed by atoms with Gasteiger partial charge >= 0.3 is 0 Å². The second-order valence-electron chi connectivity index (χ2n) is 5.12. The SMILES string of the molecule is Brc1ccc(-c2cnc3cccc(-c4ccccc4)n23)cc1. The van der Waals surface area contributed by atoms with Crippen molar-refractivity contribution in [3.63, 3.8) is 0 Å². The van der Waals surface area contributed by atoms with Crippen LogP contribution in [0.5, 0.6) is 0 Å². The Kier molecular flexibility index (Phi) is 3.28. The van der Waals surface area contributed by atoms with E-state index in [9.17, 15) is 0 Å². The van der Waals surface area contributed by atoms with Gasteiger partial charge in [-0.15, -0.1) is 0 Å². The highest BCUT2D eigenvalue weighted by molar-refractivity contribution is 9.10. The summed E-state index contributed by atoms with van der Waals surface area (Å²) in [6.45, 7) is 0. The fourth-order valence-electron chi connectivity index (χ4n) is 2.70. The van der Waals surface area contributed by atoms with Crippen LogP contribution in [-0.4, -0.2) is 9.38 Å². The second-order valence-corrected chi connectivity index (χ2v) is 6.04. The fourth-order valence-corrected chi connectivity index (χ4v) is 2.96. The van der Waals surface area contributed by atoms with Crippen LogP contribution in [0.2, 0.25) is 0 Å². The number of imidazole rings is 1. The minimum absolute atomic E-state index is 0.958. The lowest BCUT2D eigenvalue weighted by Gasteiger charge is -2.09. The van der Waals surface area contributed by atoms with Gasteiger partial charge in [-0.1, -0.05) is 64.5 Å². The summed E-state index contributed by atoms with van der Waals surface area (Å²) in [7, 11) is 0. The molecule has 2 aromatic heterocycles. The normalized spacial score (nSPS) is 11.0. The molecule has 0 unspecified atom stereocenters. The number of hydrogen-bond acceptors (Lipinski definition) is 1. The van der Waals surface area contributed by atoms with Crippen molar-refractivity contribution in [3.8, 4) is 22.5 Å². The molecule has 0 fully saturated rings. The van der Waals surface area contributed by atoms with Crippen LogP contribution in [0.15, 0.2) is 83.5 Å². The molecule has 0 spiro atoms. The van der Waals surface area contributed by atoms with Crippen molar-refractivity contribution in [1.29, 1.82) is 0 Å². The maximum Gasteiger partial charge on any atom is 0.137 e. The molecule has 0 saturated heterocycles. The van der Waals surface area contributed by atoms with Crippen LogP contribution < -0.4 is 0 Å². The van der Waals surface area contributed by atoms with E-state index < -0.39 is 0 Å². The van der Waals surface area contributed by atoms with Gasteiger partial charge in [0.15, 0.2) is 0 Å². The topological polar surface area (TPSA) is 17.3 Å². The molecule has 0 saturated carbocycles. The van der Waals surface area contributed by atoms with Crippen molar-refractivity contribution in [1.82, 2.24) is 9.38 Å². The Bertz CT molecular complexity index is 925. The van der Waals surface area contributed by atoms with Gasteiger partial charge < -0.3 is 0 Å². The van der Waals surface area contributed by atoms with Gasteiger partial charge in [0.2, 0.25) is 0 Å². The van der Waals surface area contributed by atoms with E-state index in [4.69, 9.17) is 0 Å². The van der Waals surface area contributed by atoms with Crippen LogP contribution in [0, 0.1) is 0 Å². The van der Waals surface area contributed by atoms with Gasteiger partial charge in [-0.05, 0) is 29.8 Å². The lowest BCUT2D eigenvalue weighted by atomic mass is 10.1. The number of pyridine rings is 1. The number of hydrogen-bond donors (Lipinski definition) is 0. The Labute approximate surface area is 137 Å². The highest BCUT2D eigenvalue weighted by Crippen LogP contribution is 2.28. The van der Waals surface area contributed by atoms with Crippen molar-refractivity contribution >= 4 is 21.6 Å². The number of aromatic nitrogens is 2. The van der Waals surface area contributed by atoms with Gasteiger partial charge in [0, 0.05) is 10.0 Å². The van der Waals surface area contributed by atoms with Crippen LogP contribution in [-0.2, 0) is 0 Å². The molecule has 2 nitrogen and oxygen atoms in total. The predicted octanol–water partition coefficient (Wildman–Crippen LogP) is 5.43. The summed E-state index contributed by atoms with van der Waals surface area (Å²) in [5, 5.41) is 0. The van der Waals surface area contributed by atoms with E-state index >= 15 is 0 Å². The first-order valence-electron chi connectivity index (χ1n) is 7.11. The van der Waals surface area contributed by atoms with E-state index in [1.54, 1.807) is 0 Å². The smallest absolute Gasteiger partial charge is 0.137 e. The first kappa shape index (κ1) is 13.3. The van der Waals surface area contributed by atoms with Crippen LogP contribution in [0.25, 0.3) is 28.2 Å². The summed E-state index contributed by atoms with van der Waals surface area (Å²) < 4.78 is 3.28. The standard InChI is InChI=1S/C19H13BrN2/c20-16-11-9-15(10-12-16)18-13-21-19-8-4-7-17(22(18)19)14-5-2-1-3-6-14/h1-13H. The van der Waals surface area contributed by atoms with Crippen molar-refractivity contribution in [2.45, 2.75) is 0 Å². The molecule has 0 aliphatic rings. The monoisotopic (exact) mass is 348 g/mol. The van der Waals surface area contributed by atoms with Gasteiger partial charge in [0.25, 0.3) is 0 Å². The highest BCUT2D eigenvalue weighted by Gasteiger charge is 2.10. The zero-order valence-corrected chi connectivity index (χ0v) is 13.4. The van der Waals surface area contributed by atoms with E-state index in [1.165, 1.54) is 5.56 Å². The molecule has 0 radical (unpaired) electrons. The van der Waals surface area contributed by atoms with Crippen molar-refractivity contribution in [2.75, 3.05) is 0 Å². The van der Waals surface area contributed by atoms with Crippen molar-refractivity contribution in [3.05, 3.63) is 83.5 Å². The number of halogens is 1. The number of fused-ring (bicyclic) bond motifs is 1. The minimum Gasteiger partial charge on any atom is -0.292 e. The zero-order chi connectivity index (χ0) is 14.9. The van der Waals surface area contributed by atoms with E-state index in [-0.39, 0.29) is 0 Å². The molecule has 0 N–H and O–H groups in total. The molecule has 2 heterocycles. The maximum atomic E-state index is 4.55. The molecule has 4 aromatic rings. The zero-order valence-electron chi connectivity index (χ0n) is 11.8. The predicted molar refractivity (Wildman–Crippen MR) is 93.8 cm³/mol. The summed E-state index contributed by atoms with van der Waals surface area (Å²) in [6.07, 6.45) is 1.94. The summed E-state index contributed by atoms with van der Waals surface area (Å²) in [5.41, 5.74) is 5.54. The molecule has 0 atom stereocenters. The molecule has 3 heteroatoms. The molecule has 106 valence electrons. The maximum absolute atomic E-state index is 4.55. The molecule has 0 bridgehead atoms. The molecule has 0 amide bonds. The Balaban J connectivity index is 1.99. The van der Waals surface area contributed by atoms with E-state index in [0.29, 0.717) is 0 Å². The number of benzene rings is 2. The number of rotatable bonds is 2. The largest absolute Gasteiger partial charge is 0.292 e. The van der Waals surface area contributed by atoms with Crippen LogP contribution in [0.4, 0.5) is 0 Å². The van der Waals surface area contributed by atoms with Gasteiger partial charge in [0.1, 0.15) is 5.65 Å². The molecule has 0 aliphatic heterocycles. The molecule has 0 aliphatic carbocycles. The van der Waals surface area contributed by atoms with Gasteiger partial charge in [-0.3, -0.25) is 4.40 Å². The first-order chi connectivity index (χ1) is 10.8. The van der Waals surface area contributed by atoms with E-state index in [1.807, 2.05) is 18.3 Å². The minimum atomic E-state index is 0.958. The van der Waals surface area contributed by atoms with Crippen LogP contribution in [0.1, 0.15) is 0 Å². The first-order valence-corrected chi connectivity index (χ1v) is 7.90. The van der Waals surface area contributed by atoms with Crippen molar-refractivity contribution < 1.29 is 0 Å². The Hall–Kier alpha value is -2.39. The van der Waals surface area contributed by atoms with E-state index in [2.05, 4.69) is 86.0 Å².